The highest BCUT2D eigenvalue weighted by molar-refractivity contribution is 5.71. The summed E-state index contributed by atoms with van der Waals surface area (Å²) in [6.45, 7) is 9.44. The molecular weight excluding hydrogens is 274 g/mol. The zero-order chi connectivity index (χ0) is 16.1. The van der Waals surface area contributed by atoms with Gasteiger partial charge in [-0.05, 0) is 55.3 Å². The van der Waals surface area contributed by atoms with Crippen LogP contribution in [-0.4, -0.2) is 18.8 Å². The van der Waals surface area contributed by atoms with Crippen molar-refractivity contribution in [2.75, 3.05) is 18.6 Å². The normalized spacial score (nSPS) is 15.3. The minimum absolute atomic E-state index is 0.0400. The second kappa shape index (κ2) is 4.94. The highest BCUT2D eigenvalue weighted by Gasteiger charge is 2.34. The maximum atomic E-state index is 9.47. The summed E-state index contributed by atoms with van der Waals surface area (Å²) in [7, 11) is 2.06. The van der Waals surface area contributed by atoms with E-state index in [0.717, 1.165) is 18.0 Å². The summed E-state index contributed by atoms with van der Waals surface area (Å²) in [5.74, 6) is 1.33. The van der Waals surface area contributed by atoms with Gasteiger partial charge in [0.1, 0.15) is 11.5 Å². The zero-order valence-electron chi connectivity index (χ0n) is 13.9. The second-order valence-corrected chi connectivity index (χ2v) is 6.77. The van der Waals surface area contributed by atoms with E-state index in [1.807, 2.05) is 12.1 Å². The highest BCUT2D eigenvalue weighted by atomic mass is 16.5. The van der Waals surface area contributed by atoms with Crippen LogP contribution in [0.3, 0.4) is 0 Å². The molecule has 3 nitrogen and oxygen atoms in total. The minimum Gasteiger partial charge on any atom is -0.508 e. The van der Waals surface area contributed by atoms with Crippen molar-refractivity contribution in [3.8, 4) is 11.5 Å². The van der Waals surface area contributed by atoms with Gasteiger partial charge >= 0.3 is 0 Å². The van der Waals surface area contributed by atoms with Crippen LogP contribution in [0.1, 0.15) is 30.5 Å². The summed E-state index contributed by atoms with van der Waals surface area (Å²) in [5, 5.41) is 9.47. The second-order valence-electron chi connectivity index (χ2n) is 6.77. The topological polar surface area (TPSA) is 32.7 Å². The molecule has 1 heterocycles. The Kier molecular flexibility index (Phi) is 3.32. The predicted octanol–water partition coefficient (Wildman–Crippen LogP) is 4.45. The number of benzene rings is 2. The number of hydrogen-bond donors (Lipinski definition) is 1. The van der Waals surface area contributed by atoms with Crippen LogP contribution in [0.4, 0.5) is 11.4 Å². The molecule has 2 aromatic rings. The fourth-order valence-corrected chi connectivity index (χ4v) is 3.06. The first kappa shape index (κ1) is 14.8. The van der Waals surface area contributed by atoms with E-state index in [1.54, 1.807) is 12.1 Å². The summed E-state index contributed by atoms with van der Waals surface area (Å²) in [4.78, 5) is 2.16. The Morgan fingerprint density at radius 2 is 1.73 bits per heavy atom. The summed E-state index contributed by atoms with van der Waals surface area (Å²) in [6.07, 6.45) is 0. The van der Waals surface area contributed by atoms with Crippen molar-refractivity contribution in [3.63, 3.8) is 0 Å². The molecule has 0 saturated heterocycles. The van der Waals surface area contributed by atoms with E-state index >= 15 is 0 Å². The number of anilines is 2. The van der Waals surface area contributed by atoms with Crippen molar-refractivity contribution >= 4 is 11.4 Å². The standard InChI is InChI=1S/C19H23NO2/c1-12-13(2)18-16(19(3,4)11-22-18)10-17(12)20(5)14-6-8-15(21)9-7-14/h6-10,21H,11H2,1-5H3. The van der Waals surface area contributed by atoms with Gasteiger partial charge in [0.15, 0.2) is 0 Å². The van der Waals surface area contributed by atoms with E-state index in [-0.39, 0.29) is 11.2 Å². The van der Waals surface area contributed by atoms with Crippen LogP contribution >= 0.6 is 0 Å². The van der Waals surface area contributed by atoms with Gasteiger partial charge < -0.3 is 14.7 Å². The Bertz CT molecular complexity index is 717. The van der Waals surface area contributed by atoms with Crippen LogP contribution in [0.5, 0.6) is 11.5 Å². The molecule has 0 bridgehead atoms. The van der Waals surface area contributed by atoms with Crippen molar-refractivity contribution in [2.24, 2.45) is 0 Å². The lowest BCUT2D eigenvalue weighted by Gasteiger charge is -2.25. The minimum atomic E-state index is 0.0400. The lowest BCUT2D eigenvalue weighted by Crippen LogP contribution is -2.19. The molecular formula is C19H23NO2. The Morgan fingerprint density at radius 3 is 2.36 bits per heavy atom. The monoisotopic (exact) mass is 297 g/mol. The fourth-order valence-electron chi connectivity index (χ4n) is 3.06. The molecule has 1 N–H and O–H groups in total. The number of fused-ring (bicyclic) bond motifs is 1. The van der Waals surface area contributed by atoms with Gasteiger partial charge in [0.25, 0.3) is 0 Å². The number of phenolic OH excluding ortho intramolecular Hbond substituents is 1. The van der Waals surface area contributed by atoms with Crippen LogP contribution in [0.2, 0.25) is 0 Å². The third-order valence-electron chi connectivity index (χ3n) is 4.72. The molecule has 0 amide bonds. The van der Waals surface area contributed by atoms with E-state index in [9.17, 15) is 5.11 Å². The number of aromatic hydroxyl groups is 1. The average Bonchev–Trinajstić information content (AvgIpc) is 2.78. The van der Waals surface area contributed by atoms with Gasteiger partial charge in [-0.1, -0.05) is 13.8 Å². The Balaban J connectivity index is 2.12. The molecule has 1 aliphatic rings. The SMILES string of the molecule is Cc1c(N(C)c2ccc(O)cc2)cc2c(c1C)OCC2(C)C. The fraction of sp³-hybridized carbons (Fsp3) is 0.368. The van der Waals surface area contributed by atoms with Crippen LogP contribution in [0.25, 0.3) is 0 Å². The van der Waals surface area contributed by atoms with Gasteiger partial charge in [0.05, 0.1) is 6.61 Å². The third kappa shape index (κ3) is 2.21. The van der Waals surface area contributed by atoms with E-state index in [4.69, 9.17) is 4.74 Å². The number of hydrogen-bond acceptors (Lipinski definition) is 3. The Morgan fingerprint density at radius 1 is 1.09 bits per heavy atom. The maximum Gasteiger partial charge on any atom is 0.126 e. The smallest absolute Gasteiger partial charge is 0.126 e. The summed E-state index contributed by atoms with van der Waals surface area (Å²) in [5.41, 5.74) is 5.99. The Hall–Kier alpha value is -2.16. The molecule has 1 aliphatic heterocycles. The number of nitrogens with zero attached hydrogens (tertiary/aromatic N) is 1. The molecule has 0 radical (unpaired) electrons. The van der Waals surface area contributed by atoms with Gasteiger partial charge in [-0.15, -0.1) is 0 Å². The third-order valence-corrected chi connectivity index (χ3v) is 4.72. The van der Waals surface area contributed by atoms with Crippen molar-refractivity contribution < 1.29 is 9.84 Å². The molecule has 0 atom stereocenters. The first-order chi connectivity index (χ1) is 10.3. The molecule has 3 heteroatoms. The molecule has 0 fully saturated rings. The van der Waals surface area contributed by atoms with Gasteiger partial charge in [-0.3, -0.25) is 0 Å². The molecule has 2 aromatic carbocycles. The van der Waals surface area contributed by atoms with E-state index < -0.39 is 0 Å². The van der Waals surface area contributed by atoms with Gasteiger partial charge in [0.2, 0.25) is 0 Å². The first-order valence-electron chi connectivity index (χ1n) is 7.61. The van der Waals surface area contributed by atoms with Crippen molar-refractivity contribution in [1.29, 1.82) is 0 Å². The zero-order valence-corrected chi connectivity index (χ0v) is 13.9. The predicted molar refractivity (Wildman–Crippen MR) is 90.6 cm³/mol. The summed E-state index contributed by atoms with van der Waals surface area (Å²) >= 11 is 0. The molecule has 116 valence electrons. The van der Waals surface area contributed by atoms with Crippen LogP contribution in [0.15, 0.2) is 30.3 Å². The van der Waals surface area contributed by atoms with Crippen molar-refractivity contribution in [1.82, 2.24) is 0 Å². The average molecular weight is 297 g/mol. The molecule has 0 aliphatic carbocycles. The first-order valence-corrected chi connectivity index (χ1v) is 7.61. The maximum absolute atomic E-state index is 9.47. The number of ether oxygens (including phenoxy) is 1. The lowest BCUT2D eigenvalue weighted by molar-refractivity contribution is 0.290. The van der Waals surface area contributed by atoms with Crippen LogP contribution in [-0.2, 0) is 5.41 Å². The van der Waals surface area contributed by atoms with Gasteiger partial charge in [-0.2, -0.15) is 0 Å². The molecule has 0 saturated carbocycles. The summed E-state index contributed by atoms with van der Waals surface area (Å²) in [6, 6.07) is 9.54. The van der Waals surface area contributed by atoms with E-state index in [2.05, 4.69) is 45.7 Å². The molecule has 0 aromatic heterocycles. The van der Waals surface area contributed by atoms with Gasteiger partial charge in [-0.25, -0.2) is 0 Å². The summed E-state index contributed by atoms with van der Waals surface area (Å²) < 4.78 is 5.93. The molecule has 22 heavy (non-hydrogen) atoms. The lowest BCUT2D eigenvalue weighted by atomic mass is 9.84. The quantitative estimate of drug-likeness (QED) is 0.889. The number of rotatable bonds is 2. The van der Waals surface area contributed by atoms with E-state index in [1.165, 1.54) is 22.4 Å². The number of phenols is 1. The Labute approximate surface area is 132 Å². The van der Waals surface area contributed by atoms with Crippen molar-refractivity contribution in [3.05, 3.63) is 47.0 Å². The van der Waals surface area contributed by atoms with Crippen LogP contribution < -0.4 is 9.64 Å². The van der Waals surface area contributed by atoms with Crippen LogP contribution in [0, 0.1) is 13.8 Å². The highest BCUT2D eigenvalue weighted by Crippen LogP contribution is 2.45. The largest absolute Gasteiger partial charge is 0.508 e. The van der Waals surface area contributed by atoms with Crippen molar-refractivity contribution in [2.45, 2.75) is 33.1 Å². The molecule has 0 spiro atoms. The van der Waals surface area contributed by atoms with E-state index in [0.29, 0.717) is 0 Å². The molecule has 0 unspecified atom stereocenters. The molecule has 3 rings (SSSR count). The van der Waals surface area contributed by atoms with Gasteiger partial charge in [0, 0.05) is 29.4 Å².